The largest absolute Gasteiger partial charge is 0.388 e. The van der Waals surface area contributed by atoms with Gasteiger partial charge in [-0.1, -0.05) is 41.7 Å². The van der Waals surface area contributed by atoms with Crippen LogP contribution in [0.2, 0.25) is 0 Å². The van der Waals surface area contributed by atoms with E-state index in [9.17, 15) is 5.11 Å². The van der Waals surface area contributed by atoms with Gasteiger partial charge < -0.3 is 10.0 Å². The number of rotatable bonds is 3. The minimum Gasteiger partial charge on any atom is -0.388 e. The van der Waals surface area contributed by atoms with Crippen LogP contribution in [0.5, 0.6) is 0 Å². The topological polar surface area (TPSA) is 53.7 Å². The second kappa shape index (κ2) is 5.94. The minimum absolute atomic E-state index is 0.319. The SMILES string of the molecule is Cc1cn2nc(N3CCC([C@@H](O)c4ccccc4)CC3)sc2n1. The zero-order valence-electron chi connectivity index (χ0n) is 13.1. The zero-order chi connectivity index (χ0) is 15.8. The molecule has 1 saturated heterocycles. The number of aryl methyl sites for hydroxylation is 1. The molecule has 0 spiro atoms. The molecule has 0 saturated carbocycles. The maximum atomic E-state index is 10.6. The van der Waals surface area contributed by atoms with E-state index in [1.807, 2.05) is 48.0 Å². The van der Waals surface area contributed by atoms with E-state index in [1.165, 1.54) is 0 Å². The smallest absolute Gasteiger partial charge is 0.214 e. The number of anilines is 1. The van der Waals surface area contributed by atoms with E-state index in [0.29, 0.717) is 5.92 Å². The summed E-state index contributed by atoms with van der Waals surface area (Å²) >= 11 is 1.63. The van der Waals surface area contributed by atoms with Crippen LogP contribution in [0.15, 0.2) is 36.5 Å². The second-order valence-electron chi connectivity index (χ2n) is 6.17. The van der Waals surface area contributed by atoms with Gasteiger partial charge in [0, 0.05) is 13.1 Å². The number of imidazole rings is 1. The van der Waals surface area contributed by atoms with Crippen molar-refractivity contribution in [2.75, 3.05) is 18.0 Å². The molecule has 1 N–H and O–H groups in total. The van der Waals surface area contributed by atoms with Gasteiger partial charge in [-0.15, -0.1) is 5.10 Å². The van der Waals surface area contributed by atoms with Crippen LogP contribution in [0.3, 0.4) is 0 Å². The predicted molar refractivity (Wildman–Crippen MR) is 91.9 cm³/mol. The minimum atomic E-state index is -0.366. The number of fused-ring (bicyclic) bond motifs is 1. The lowest BCUT2D eigenvalue weighted by Crippen LogP contribution is -2.35. The molecule has 5 nitrogen and oxygen atoms in total. The third-order valence-electron chi connectivity index (χ3n) is 4.55. The lowest BCUT2D eigenvalue weighted by molar-refractivity contribution is 0.0929. The second-order valence-corrected chi connectivity index (χ2v) is 7.11. The third-order valence-corrected chi connectivity index (χ3v) is 5.53. The molecule has 1 aliphatic heterocycles. The van der Waals surface area contributed by atoms with E-state index in [2.05, 4.69) is 15.0 Å². The van der Waals surface area contributed by atoms with Crippen LogP contribution in [-0.4, -0.2) is 32.8 Å². The van der Waals surface area contributed by atoms with Crippen molar-refractivity contribution in [3.8, 4) is 0 Å². The van der Waals surface area contributed by atoms with Crippen LogP contribution in [-0.2, 0) is 0 Å². The summed E-state index contributed by atoms with van der Waals surface area (Å²) in [6, 6.07) is 9.98. The van der Waals surface area contributed by atoms with Crippen molar-refractivity contribution in [3.05, 3.63) is 47.8 Å². The molecule has 3 aromatic rings. The van der Waals surface area contributed by atoms with Gasteiger partial charge in [-0.25, -0.2) is 9.50 Å². The number of aliphatic hydroxyl groups excluding tert-OH is 1. The highest BCUT2D eigenvalue weighted by atomic mass is 32.1. The van der Waals surface area contributed by atoms with E-state index < -0.39 is 0 Å². The Hall–Kier alpha value is -1.92. The van der Waals surface area contributed by atoms with Crippen LogP contribution in [0.4, 0.5) is 5.13 Å². The molecule has 120 valence electrons. The Labute approximate surface area is 139 Å². The summed E-state index contributed by atoms with van der Waals surface area (Å²) in [5.41, 5.74) is 2.02. The molecule has 2 aromatic heterocycles. The number of piperidine rings is 1. The average Bonchev–Trinajstić information content (AvgIpc) is 3.12. The molecule has 1 aromatic carbocycles. The summed E-state index contributed by atoms with van der Waals surface area (Å²) in [5, 5.41) is 16.2. The number of hydrogen-bond acceptors (Lipinski definition) is 5. The van der Waals surface area contributed by atoms with Crippen molar-refractivity contribution in [2.24, 2.45) is 5.92 Å². The zero-order valence-corrected chi connectivity index (χ0v) is 13.9. The van der Waals surface area contributed by atoms with Crippen LogP contribution in [0, 0.1) is 12.8 Å². The van der Waals surface area contributed by atoms with E-state index in [4.69, 9.17) is 0 Å². The first-order valence-electron chi connectivity index (χ1n) is 8.01. The summed E-state index contributed by atoms with van der Waals surface area (Å²) in [4.78, 5) is 7.72. The van der Waals surface area contributed by atoms with E-state index in [-0.39, 0.29) is 6.10 Å². The Kier molecular flexibility index (Phi) is 3.79. The van der Waals surface area contributed by atoms with Crippen LogP contribution in [0.25, 0.3) is 4.96 Å². The highest BCUT2D eigenvalue weighted by molar-refractivity contribution is 7.20. The highest BCUT2D eigenvalue weighted by Gasteiger charge is 2.27. The molecule has 0 unspecified atom stereocenters. The van der Waals surface area contributed by atoms with Gasteiger partial charge in [0.05, 0.1) is 18.0 Å². The van der Waals surface area contributed by atoms with Gasteiger partial charge >= 0.3 is 0 Å². The quantitative estimate of drug-likeness (QED) is 0.803. The molecule has 1 aliphatic rings. The number of nitrogens with zero attached hydrogens (tertiary/aromatic N) is 4. The van der Waals surface area contributed by atoms with Gasteiger partial charge in [0.2, 0.25) is 10.1 Å². The predicted octanol–water partition coefficient (Wildman–Crippen LogP) is 3.05. The summed E-state index contributed by atoms with van der Waals surface area (Å²) in [6.07, 6.45) is 3.56. The molecule has 0 amide bonds. The summed E-state index contributed by atoms with van der Waals surface area (Å²) in [6.45, 7) is 3.85. The first-order chi connectivity index (χ1) is 11.2. The van der Waals surface area contributed by atoms with E-state index in [0.717, 1.165) is 47.3 Å². The number of benzene rings is 1. The third kappa shape index (κ3) is 2.84. The van der Waals surface area contributed by atoms with Crippen molar-refractivity contribution in [2.45, 2.75) is 25.9 Å². The van der Waals surface area contributed by atoms with Crippen molar-refractivity contribution >= 4 is 21.4 Å². The maximum Gasteiger partial charge on any atom is 0.214 e. The van der Waals surface area contributed by atoms with E-state index >= 15 is 0 Å². The van der Waals surface area contributed by atoms with Crippen LogP contribution < -0.4 is 4.90 Å². The average molecular weight is 328 g/mol. The molecular weight excluding hydrogens is 308 g/mol. The lowest BCUT2D eigenvalue weighted by Gasteiger charge is -2.34. The fraction of sp³-hybridized carbons (Fsp3) is 0.412. The van der Waals surface area contributed by atoms with Crippen LogP contribution in [0.1, 0.15) is 30.2 Å². The number of hydrogen-bond donors (Lipinski definition) is 1. The maximum absolute atomic E-state index is 10.6. The number of aromatic nitrogens is 3. The Morgan fingerprint density at radius 2 is 1.96 bits per heavy atom. The van der Waals surface area contributed by atoms with Gasteiger partial charge in [-0.05, 0) is 31.2 Å². The van der Waals surface area contributed by atoms with Crippen molar-refractivity contribution in [1.82, 2.24) is 14.6 Å². The van der Waals surface area contributed by atoms with Gasteiger partial charge in [-0.3, -0.25) is 0 Å². The summed E-state index contributed by atoms with van der Waals surface area (Å²) in [5.74, 6) is 0.319. The molecule has 0 bridgehead atoms. The molecule has 0 radical (unpaired) electrons. The van der Waals surface area contributed by atoms with E-state index in [1.54, 1.807) is 11.3 Å². The molecule has 4 rings (SSSR count). The normalized spacial score (nSPS) is 17.7. The Morgan fingerprint density at radius 3 is 2.65 bits per heavy atom. The fourth-order valence-corrected chi connectivity index (χ4v) is 4.24. The molecule has 6 heteroatoms. The van der Waals surface area contributed by atoms with Gasteiger partial charge in [0.25, 0.3) is 0 Å². The van der Waals surface area contributed by atoms with Gasteiger partial charge in [0.15, 0.2) is 0 Å². The number of aliphatic hydroxyl groups is 1. The summed E-state index contributed by atoms with van der Waals surface area (Å²) < 4.78 is 1.86. The lowest BCUT2D eigenvalue weighted by atomic mass is 9.87. The standard InChI is InChI=1S/C17H20N4OS/c1-12-11-21-16(18-12)23-17(19-21)20-9-7-14(8-10-20)15(22)13-5-3-2-4-6-13/h2-6,11,14-15,22H,7-10H2,1H3/t15-/m0/s1. The summed E-state index contributed by atoms with van der Waals surface area (Å²) in [7, 11) is 0. The molecular formula is C17H20N4OS. The molecule has 23 heavy (non-hydrogen) atoms. The molecule has 1 atom stereocenters. The fourth-order valence-electron chi connectivity index (χ4n) is 3.26. The monoisotopic (exact) mass is 328 g/mol. The van der Waals surface area contributed by atoms with Crippen molar-refractivity contribution in [1.29, 1.82) is 0 Å². The highest BCUT2D eigenvalue weighted by Crippen LogP contribution is 2.33. The van der Waals surface area contributed by atoms with Gasteiger partial charge in [0.1, 0.15) is 0 Å². The van der Waals surface area contributed by atoms with Gasteiger partial charge in [-0.2, -0.15) is 0 Å². The molecule has 1 fully saturated rings. The Balaban J connectivity index is 1.43. The molecule has 3 heterocycles. The van der Waals surface area contributed by atoms with Crippen molar-refractivity contribution < 1.29 is 5.11 Å². The Bertz CT molecular complexity index is 758. The first-order valence-corrected chi connectivity index (χ1v) is 8.83. The van der Waals surface area contributed by atoms with Crippen molar-refractivity contribution in [3.63, 3.8) is 0 Å². The molecule has 0 aliphatic carbocycles. The van der Waals surface area contributed by atoms with Crippen LogP contribution >= 0.6 is 11.3 Å². The first kappa shape index (κ1) is 14.7. The Morgan fingerprint density at radius 1 is 1.22 bits per heavy atom.